The van der Waals surface area contributed by atoms with E-state index in [4.69, 9.17) is 4.74 Å². The normalized spacial score (nSPS) is 24.0. The van der Waals surface area contributed by atoms with Gasteiger partial charge in [-0.25, -0.2) is 0 Å². The maximum Gasteiger partial charge on any atom is 0.251 e. The summed E-state index contributed by atoms with van der Waals surface area (Å²) in [7, 11) is 3.92. The van der Waals surface area contributed by atoms with Crippen LogP contribution < -0.4 is 10.1 Å². The minimum absolute atomic E-state index is 0.0381. The van der Waals surface area contributed by atoms with Crippen molar-refractivity contribution in [3.05, 3.63) is 64.8 Å². The first-order valence-electron chi connectivity index (χ1n) is 15.2. The van der Waals surface area contributed by atoms with Crippen LogP contribution in [0.15, 0.2) is 42.6 Å². The van der Waals surface area contributed by atoms with Gasteiger partial charge in [0.1, 0.15) is 5.75 Å². The van der Waals surface area contributed by atoms with Crippen molar-refractivity contribution in [2.45, 2.75) is 64.1 Å². The smallest absolute Gasteiger partial charge is 0.251 e. The largest absolute Gasteiger partial charge is 0.496 e. The Labute approximate surface area is 242 Å². The number of aromatic nitrogens is 1. The molecule has 7 nitrogen and oxygen atoms in total. The second kappa shape index (κ2) is 9.89. The predicted octanol–water partition coefficient (Wildman–Crippen LogP) is 5.57. The molecule has 41 heavy (non-hydrogen) atoms. The van der Waals surface area contributed by atoms with E-state index in [9.17, 15) is 10.1 Å². The fraction of sp³-hybridized carbons (Fsp3) is 0.529. The number of aryl methyl sites for hydroxylation is 1. The van der Waals surface area contributed by atoms with Crippen LogP contribution in [-0.4, -0.2) is 60.5 Å². The SMILES string of the molecule is COc1cc(C)c2[nH]ccc2c1CN1CCC2(CC(C#N)C2)C[C@H]1c1ccc(C(=O)NC2CC3(C2)CN(C)C3)cc1. The summed E-state index contributed by atoms with van der Waals surface area (Å²) in [6, 6.07) is 15.6. The molecule has 0 bridgehead atoms. The molecule has 2 saturated heterocycles. The van der Waals surface area contributed by atoms with E-state index >= 15 is 0 Å². The number of piperidine rings is 1. The van der Waals surface area contributed by atoms with Crippen LogP contribution in [0.2, 0.25) is 0 Å². The van der Waals surface area contributed by atoms with Crippen LogP contribution in [0.1, 0.15) is 71.6 Å². The van der Waals surface area contributed by atoms with Gasteiger partial charge in [-0.1, -0.05) is 12.1 Å². The summed E-state index contributed by atoms with van der Waals surface area (Å²) in [6.07, 6.45) is 8.37. The highest BCUT2D eigenvalue weighted by molar-refractivity contribution is 5.94. The molecule has 0 radical (unpaired) electrons. The Hall–Kier alpha value is -3.34. The molecule has 1 aromatic heterocycles. The van der Waals surface area contributed by atoms with Crippen molar-refractivity contribution in [1.29, 1.82) is 5.26 Å². The van der Waals surface area contributed by atoms with Gasteiger partial charge in [0.05, 0.1) is 13.2 Å². The van der Waals surface area contributed by atoms with Crippen molar-refractivity contribution in [3.63, 3.8) is 0 Å². The highest BCUT2D eigenvalue weighted by Crippen LogP contribution is 2.57. The molecule has 3 heterocycles. The lowest BCUT2D eigenvalue weighted by Crippen LogP contribution is -2.65. The first-order valence-corrected chi connectivity index (χ1v) is 15.2. The fourth-order valence-corrected chi connectivity index (χ4v) is 8.70. The van der Waals surface area contributed by atoms with Crippen molar-refractivity contribution < 1.29 is 9.53 Å². The second-order valence-electron chi connectivity index (χ2n) is 13.7. The summed E-state index contributed by atoms with van der Waals surface area (Å²) in [5.41, 5.74) is 6.24. The number of nitrogens with zero attached hydrogens (tertiary/aromatic N) is 3. The minimum atomic E-state index is 0.0381. The lowest BCUT2D eigenvalue weighted by molar-refractivity contribution is -0.0625. The van der Waals surface area contributed by atoms with Gasteiger partial charge in [-0.15, -0.1) is 0 Å². The number of carbonyl (C=O) groups is 1. The number of hydrogen-bond donors (Lipinski definition) is 2. The molecule has 7 heteroatoms. The van der Waals surface area contributed by atoms with Crippen LogP contribution in [0.3, 0.4) is 0 Å². The topological polar surface area (TPSA) is 84.4 Å². The van der Waals surface area contributed by atoms with E-state index in [1.807, 2.05) is 18.3 Å². The molecule has 2 N–H and O–H groups in total. The third-order valence-corrected chi connectivity index (χ3v) is 10.7. The zero-order chi connectivity index (χ0) is 28.4. The molecule has 2 saturated carbocycles. The number of benzene rings is 2. The zero-order valence-electron chi connectivity index (χ0n) is 24.5. The monoisotopic (exact) mass is 551 g/mol. The highest BCUT2D eigenvalue weighted by atomic mass is 16.5. The Morgan fingerprint density at radius 3 is 2.56 bits per heavy atom. The maximum atomic E-state index is 13.1. The molecular weight excluding hydrogens is 510 g/mol. The van der Waals surface area contributed by atoms with Gasteiger partial charge in [0.25, 0.3) is 5.91 Å². The maximum absolute atomic E-state index is 13.1. The van der Waals surface area contributed by atoms with Crippen molar-refractivity contribution in [2.24, 2.45) is 16.7 Å². The predicted molar refractivity (Wildman–Crippen MR) is 160 cm³/mol. The Morgan fingerprint density at radius 2 is 1.88 bits per heavy atom. The van der Waals surface area contributed by atoms with Crippen molar-refractivity contribution in [2.75, 3.05) is 33.8 Å². The Balaban J connectivity index is 1.11. The van der Waals surface area contributed by atoms with Gasteiger partial charge in [-0.2, -0.15) is 5.26 Å². The van der Waals surface area contributed by atoms with Gasteiger partial charge in [-0.05, 0) is 105 Å². The van der Waals surface area contributed by atoms with E-state index in [-0.39, 0.29) is 23.3 Å². The molecule has 2 aliphatic carbocycles. The van der Waals surface area contributed by atoms with Crippen LogP contribution >= 0.6 is 0 Å². The van der Waals surface area contributed by atoms with E-state index in [1.165, 1.54) is 27.6 Å². The Kier molecular flexibility index (Phi) is 6.40. The molecule has 0 unspecified atom stereocenters. The number of hydrogen-bond acceptors (Lipinski definition) is 5. The molecule has 1 amide bonds. The number of nitriles is 1. The van der Waals surface area contributed by atoms with Gasteiger partial charge in [0.2, 0.25) is 0 Å². The highest BCUT2D eigenvalue weighted by Gasteiger charge is 2.51. The first kappa shape index (κ1) is 26.6. The van der Waals surface area contributed by atoms with Crippen LogP contribution in [0.5, 0.6) is 5.75 Å². The molecule has 1 atom stereocenters. The van der Waals surface area contributed by atoms with Gasteiger partial charge in [0, 0.05) is 65.9 Å². The number of nitrogens with one attached hydrogen (secondary N) is 2. The summed E-state index contributed by atoms with van der Waals surface area (Å²) in [4.78, 5) is 21.4. The number of fused-ring (bicyclic) bond motifs is 1. The quantitative estimate of drug-likeness (QED) is 0.419. The molecule has 4 aliphatic rings. The third kappa shape index (κ3) is 4.62. The van der Waals surface area contributed by atoms with Crippen molar-refractivity contribution >= 4 is 16.8 Å². The first-order chi connectivity index (χ1) is 19.8. The fourth-order valence-electron chi connectivity index (χ4n) is 8.70. The number of methoxy groups -OCH3 is 1. The molecular formula is C34H41N5O2. The van der Waals surface area contributed by atoms with Crippen molar-refractivity contribution in [3.8, 4) is 11.8 Å². The van der Waals surface area contributed by atoms with Crippen LogP contribution in [0.4, 0.5) is 0 Å². The number of rotatable bonds is 6. The summed E-state index contributed by atoms with van der Waals surface area (Å²) >= 11 is 0. The van der Waals surface area contributed by atoms with Crippen LogP contribution in [0, 0.1) is 35.0 Å². The van der Waals surface area contributed by atoms with E-state index in [2.05, 4.69) is 64.4 Å². The number of aromatic amines is 1. The molecule has 214 valence electrons. The van der Waals surface area contributed by atoms with Crippen LogP contribution in [-0.2, 0) is 6.54 Å². The van der Waals surface area contributed by atoms with E-state index in [0.29, 0.717) is 11.5 Å². The molecule has 2 aromatic carbocycles. The molecule has 2 aliphatic heterocycles. The van der Waals surface area contributed by atoms with E-state index in [1.54, 1.807) is 7.11 Å². The molecule has 7 rings (SSSR count). The van der Waals surface area contributed by atoms with E-state index < -0.39 is 0 Å². The molecule has 4 fully saturated rings. The number of carbonyl (C=O) groups excluding carboxylic acids is 1. The number of likely N-dealkylation sites (tertiary alicyclic amines) is 2. The standard InChI is InChI=1S/C34H41N5O2/c1-22-12-30(41-3)28(27-8-10-36-31(22)27)19-39-11-9-33(13-23(14-33)18-35)17-29(39)24-4-6-25(7-5-24)32(40)37-26-15-34(16-26)20-38(2)21-34/h4-8,10,12,23,26,29,36H,9,11,13-17,19-21H2,1-3H3,(H,37,40)/t23?,29-,33?/m0/s1. The van der Waals surface area contributed by atoms with Gasteiger partial charge in [0.15, 0.2) is 0 Å². The average molecular weight is 552 g/mol. The van der Waals surface area contributed by atoms with Crippen LogP contribution in [0.25, 0.3) is 10.9 Å². The summed E-state index contributed by atoms with van der Waals surface area (Å²) < 4.78 is 5.88. The Bertz CT molecular complexity index is 1500. The zero-order valence-corrected chi connectivity index (χ0v) is 24.5. The second-order valence-corrected chi connectivity index (χ2v) is 13.7. The lowest BCUT2D eigenvalue weighted by atomic mass is 9.56. The molecule has 3 aromatic rings. The summed E-state index contributed by atoms with van der Waals surface area (Å²) in [5.74, 6) is 1.16. The average Bonchev–Trinajstić information content (AvgIpc) is 3.42. The third-order valence-electron chi connectivity index (χ3n) is 10.7. The van der Waals surface area contributed by atoms with Gasteiger partial charge >= 0.3 is 0 Å². The lowest BCUT2D eigenvalue weighted by Gasteiger charge is -2.58. The van der Waals surface area contributed by atoms with Crippen molar-refractivity contribution in [1.82, 2.24) is 20.1 Å². The van der Waals surface area contributed by atoms with Gasteiger partial charge in [-0.3, -0.25) is 9.69 Å². The van der Waals surface area contributed by atoms with E-state index in [0.717, 1.165) is 76.0 Å². The summed E-state index contributed by atoms with van der Waals surface area (Å²) in [5, 5.41) is 14.0. The minimum Gasteiger partial charge on any atom is -0.496 e. The number of ether oxygens (including phenoxy) is 1. The Morgan fingerprint density at radius 1 is 1.12 bits per heavy atom. The number of amides is 1. The summed E-state index contributed by atoms with van der Waals surface area (Å²) in [6.45, 7) is 6.21. The van der Waals surface area contributed by atoms with Gasteiger partial charge < -0.3 is 19.9 Å². The molecule has 2 spiro atoms. The number of H-pyrrole nitrogens is 1.